The van der Waals surface area contributed by atoms with Gasteiger partial charge in [-0.3, -0.25) is 9.59 Å². The number of benzene rings is 2. The van der Waals surface area contributed by atoms with Crippen molar-refractivity contribution in [3.63, 3.8) is 0 Å². The third kappa shape index (κ3) is 4.75. The Morgan fingerprint density at radius 1 is 1.12 bits per heavy atom. The molecule has 8 heteroatoms. The maximum Gasteiger partial charge on any atom is 0.407 e. The van der Waals surface area contributed by atoms with E-state index >= 15 is 0 Å². The lowest BCUT2D eigenvalue weighted by atomic mass is 9.98. The van der Waals surface area contributed by atoms with E-state index in [9.17, 15) is 19.5 Å². The van der Waals surface area contributed by atoms with Crippen LogP contribution >= 0.6 is 11.8 Å². The average molecular weight is 455 g/mol. The second kappa shape index (κ2) is 9.65. The van der Waals surface area contributed by atoms with E-state index in [4.69, 9.17) is 4.74 Å². The molecule has 1 aliphatic heterocycles. The Labute approximate surface area is 191 Å². The number of ether oxygens (including phenoxy) is 1. The highest BCUT2D eigenvalue weighted by Gasteiger charge is 2.32. The van der Waals surface area contributed by atoms with Gasteiger partial charge in [-0.1, -0.05) is 55.5 Å². The number of carbonyl (C=O) groups is 3. The molecule has 2 unspecified atom stereocenters. The summed E-state index contributed by atoms with van der Waals surface area (Å²) in [6, 6.07) is 14.9. The number of alkyl carbamates (subject to hydrolysis) is 1. The zero-order valence-corrected chi connectivity index (χ0v) is 18.6. The quantitative estimate of drug-likeness (QED) is 0.695. The van der Waals surface area contributed by atoms with Crippen molar-refractivity contribution in [3.05, 3.63) is 59.7 Å². The van der Waals surface area contributed by atoms with Crippen molar-refractivity contribution in [2.45, 2.75) is 30.6 Å². The Hall–Kier alpha value is -3.00. The first kappa shape index (κ1) is 22.2. The van der Waals surface area contributed by atoms with Gasteiger partial charge in [-0.05, 0) is 22.3 Å². The highest BCUT2D eigenvalue weighted by atomic mass is 32.2. The van der Waals surface area contributed by atoms with Crippen LogP contribution in [0.2, 0.25) is 0 Å². The molecule has 2 aliphatic rings. The van der Waals surface area contributed by atoms with Crippen molar-refractivity contribution >= 4 is 29.7 Å². The van der Waals surface area contributed by atoms with Crippen molar-refractivity contribution in [1.29, 1.82) is 0 Å². The van der Waals surface area contributed by atoms with Crippen LogP contribution in [0.4, 0.5) is 4.79 Å². The first-order chi connectivity index (χ1) is 15.4. The number of amides is 2. The van der Waals surface area contributed by atoms with Crippen molar-refractivity contribution in [1.82, 2.24) is 10.2 Å². The van der Waals surface area contributed by atoms with Gasteiger partial charge >= 0.3 is 12.1 Å². The second-order valence-electron chi connectivity index (χ2n) is 8.09. The normalized spacial score (nSPS) is 18.4. The molecule has 1 fully saturated rings. The molecule has 1 heterocycles. The summed E-state index contributed by atoms with van der Waals surface area (Å²) in [5.74, 6) is -0.853. The molecule has 2 aromatic carbocycles. The van der Waals surface area contributed by atoms with Crippen LogP contribution in [0.1, 0.15) is 30.4 Å². The Balaban J connectivity index is 1.43. The summed E-state index contributed by atoms with van der Waals surface area (Å²) < 4.78 is 5.49. The lowest BCUT2D eigenvalue weighted by Crippen LogP contribution is -2.52. The fourth-order valence-corrected chi connectivity index (χ4v) is 5.41. The molecule has 2 N–H and O–H groups in total. The zero-order chi connectivity index (χ0) is 22.7. The first-order valence-electron chi connectivity index (χ1n) is 10.7. The van der Waals surface area contributed by atoms with Gasteiger partial charge in [0.1, 0.15) is 12.6 Å². The lowest BCUT2D eigenvalue weighted by molar-refractivity contribution is -0.142. The van der Waals surface area contributed by atoms with E-state index in [1.807, 2.05) is 55.5 Å². The average Bonchev–Trinajstić information content (AvgIpc) is 3.10. The predicted octanol–water partition coefficient (Wildman–Crippen LogP) is 3.33. The number of hydrogen-bond acceptors (Lipinski definition) is 5. The summed E-state index contributed by atoms with van der Waals surface area (Å²) in [6.07, 6.45) is -1.27. The number of aliphatic carboxylic acids is 1. The number of hydrogen-bond donors (Lipinski definition) is 2. The van der Waals surface area contributed by atoms with Crippen LogP contribution in [0.25, 0.3) is 11.1 Å². The fourth-order valence-electron chi connectivity index (χ4n) is 4.40. The molecule has 2 aromatic rings. The van der Waals surface area contributed by atoms with Crippen molar-refractivity contribution < 1.29 is 24.2 Å². The summed E-state index contributed by atoms with van der Waals surface area (Å²) in [5, 5.41) is 12.0. The molecule has 0 spiro atoms. The van der Waals surface area contributed by atoms with E-state index in [2.05, 4.69) is 5.32 Å². The van der Waals surface area contributed by atoms with Crippen LogP contribution in [-0.4, -0.2) is 64.7 Å². The largest absolute Gasteiger partial charge is 0.481 e. The minimum atomic E-state index is -1.15. The first-order valence-corrected chi connectivity index (χ1v) is 11.7. The van der Waals surface area contributed by atoms with Crippen LogP contribution in [0.15, 0.2) is 48.5 Å². The van der Waals surface area contributed by atoms with Crippen LogP contribution in [0, 0.1) is 0 Å². The number of carboxylic acids is 1. The standard InChI is InChI=1S/C24H26N2O5S/c1-15-13-26(10-11-32-15)23(29)21(12-22(27)28)25-24(30)31-14-20-18-8-4-2-6-16(18)17-7-3-5-9-19(17)20/h2-9,15,20-21H,10-14H2,1H3,(H,25,30)(H,27,28). The van der Waals surface area contributed by atoms with E-state index in [1.165, 1.54) is 0 Å². The zero-order valence-electron chi connectivity index (χ0n) is 17.8. The van der Waals surface area contributed by atoms with Gasteiger partial charge in [0, 0.05) is 30.0 Å². The van der Waals surface area contributed by atoms with Gasteiger partial charge in [-0.25, -0.2) is 4.79 Å². The summed E-state index contributed by atoms with van der Waals surface area (Å²) in [4.78, 5) is 38.4. The second-order valence-corrected chi connectivity index (χ2v) is 9.63. The maximum absolute atomic E-state index is 12.9. The van der Waals surface area contributed by atoms with E-state index in [-0.39, 0.29) is 23.7 Å². The van der Waals surface area contributed by atoms with Gasteiger partial charge in [0.15, 0.2) is 0 Å². The molecule has 1 saturated heterocycles. The molecule has 32 heavy (non-hydrogen) atoms. The van der Waals surface area contributed by atoms with Gasteiger partial charge < -0.3 is 20.1 Å². The molecular weight excluding hydrogens is 428 g/mol. The van der Waals surface area contributed by atoms with E-state index in [0.29, 0.717) is 13.1 Å². The molecule has 0 saturated carbocycles. The van der Waals surface area contributed by atoms with Crippen LogP contribution in [-0.2, 0) is 14.3 Å². The summed E-state index contributed by atoms with van der Waals surface area (Å²) in [6.45, 7) is 3.20. The van der Waals surface area contributed by atoms with Crippen molar-refractivity contribution in [2.75, 3.05) is 25.4 Å². The maximum atomic E-state index is 12.9. The number of nitrogens with zero attached hydrogens (tertiary/aromatic N) is 1. The number of rotatable bonds is 6. The number of nitrogens with one attached hydrogen (secondary N) is 1. The summed E-state index contributed by atoms with van der Waals surface area (Å²) in [5.41, 5.74) is 4.40. The summed E-state index contributed by atoms with van der Waals surface area (Å²) in [7, 11) is 0. The lowest BCUT2D eigenvalue weighted by Gasteiger charge is -2.33. The number of thioether (sulfide) groups is 1. The van der Waals surface area contributed by atoms with Crippen molar-refractivity contribution in [2.24, 2.45) is 0 Å². The molecule has 4 rings (SSSR count). The molecule has 0 bridgehead atoms. The molecule has 0 radical (unpaired) electrons. The molecule has 2 atom stereocenters. The highest BCUT2D eigenvalue weighted by molar-refractivity contribution is 7.99. The van der Waals surface area contributed by atoms with Gasteiger partial charge in [0.25, 0.3) is 0 Å². The Morgan fingerprint density at radius 3 is 2.34 bits per heavy atom. The van der Waals surface area contributed by atoms with Gasteiger partial charge in [0.05, 0.1) is 6.42 Å². The SMILES string of the molecule is CC1CN(C(=O)C(CC(=O)O)NC(=O)OCC2c3ccccc3-c3ccccc32)CCS1. The Kier molecular flexibility index (Phi) is 6.69. The fraction of sp³-hybridized carbons (Fsp3) is 0.375. The molecule has 2 amide bonds. The molecular formula is C24H26N2O5S. The van der Waals surface area contributed by atoms with Gasteiger partial charge in [-0.15, -0.1) is 0 Å². The molecule has 7 nitrogen and oxygen atoms in total. The third-order valence-electron chi connectivity index (χ3n) is 5.87. The number of carbonyl (C=O) groups excluding carboxylic acids is 2. The Bertz CT molecular complexity index is 981. The van der Waals surface area contributed by atoms with E-state index in [0.717, 1.165) is 28.0 Å². The minimum Gasteiger partial charge on any atom is -0.481 e. The topological polar surface area (TPSA) is 95.9 Å². The van der Waals surface area contributed by atoms with Crippen LogP contribution in [0.3, 0.4) is 0 Å². The monoisotopic (exact) mass is 454 g/mol. The number of carboxylic acid groups (broad SMARTS) is 1. The summed E-state index contributed by atoms with van der Waals surface area (Å²) >= 11 is 1.77. The van der Waals surface area contributed by atoms with Gasteiger partial charge in [-0.2, -0.15) is 11.8 Å². The van der Waals surface area contributed by atoms with Crippen LogP contribution in [0.5, 0.6) is 0 Å². The van der Waals surface area contributed by atoms with Gasteiger partial charge in [0.2, 0.25) is 5.91 Å². The highest BCUT2D eigenvalue weighted by Crippen LogP contribution is 2.44. The third-order valence-corrected chi connectivity index (χ3v) is 7.00. The smallest absolute Gasteiger partial charge is 0.407 e. The van der Waals surface area contributed by atoms with E-state index in [1.54, 1.807) is 16.7 Å². The van der Waals surface area contributed by atoms with Crippen molar-refractivity contribution in [3.8, 4) is 11.1 Å². The molecule has 0 aromatic heterocycles. The predicted molar refractivity (Wildman–Crippen MR) is 123 cm³/mol. The van der Waals surface area contributed by atoms with Crippen LogP contribution < -0.4 is 5.32 Å². The molecule has 1 aliphatic carbocycles. The minimum absolute atomic E-state index is 0.102. The Morgan fingerprint density at radius 2 is 1.75 bits per heavy atom. The van der Waals surface area contributed by atoms with E-state index < -0.39 is 24.5 Å². The number of fused-ring (bicyclic) bond motifs is 3. The molecule has 168 valence electrons.